The fourth-order valence-corrected chi connectivity index (χ4v) is 0.582. The maximum atomic E-state index is 11.0. The summed E-state index contributed by atoms with van der Waals surface area (Å²) in [7, 11) is 0. The highest BCUT2D eigenvalue weighted by atomic mass is 16.4. The zero-order valence-corrected chi connectivity index (χ0v) is 7.23. The average Bonchev–Trinajstić information content (AvgIpc) is 2.11. The van der Waals surface area contributed by atoms with Gasteiger partial charge in [0.15, 0.2) is 0 Å². The second-order valence-electron chi connectivity index (χ2n) is 2.67. The van der Waals surface area contributed by atoms with Crippen molar-refractivity contribution < 1.29 is 24.9 Å². The van der Waals surface area contributed by atoms with E-state index in [-0.39, 0.29) is 6.61 Å². The van der Waals surface area contributed by atoms with Gasteiger partial charge in [-0.05, 0) is 0 Å². The lowest BCUT2D eigenvalue weighted by Gasteiger charge is -2.14. The fraction of sp³-hybridized carbons (Fsp3) is 0.714. The van der Waals surface area contributed by atoms with Crippen LogP contribution in [0.1, 0.15) is 6.92 Å². The third-order valence-electron chi connectivity index (χ3n) is 1.52. The molecule has 0 unspecified atom stereocenters. The first kappa shape index (κ1) is 11.9. The van der Waals surface area contributed by atoms with Gasteiger partial charge in [-0.2, -0.15) is 0 Å². The predicted molar refractivity (Wildman–Crippen MR) is 42.9 cm³/mol. The molecule has 0 fully saturated rings. The summed E-state index contributed by atoms with van der Waals surface area (Å²) >= 11 is 0. The molecule has 0 aromatic carbocycles. The summed E-state index contributed by atoms with van der Waals surface area (Å²) in [5.74, 6) is -2.57. The van der Waals surface area contributed by atoms with E-state index in [4.69, 9.17) is 15.3 Å². The first-order valence-corrected chi connectivity index (χ1v) is 3.77. The van der Waals surface area contributed by atoms with Gasteiger partial charge in [-0.25, -0.2) is 4.79 Å². The molecule has 0 aromatic heterocycles. The van der Waals surface area contributed by atoms with E-state index in [0.717, 1.165) is 0 Å². The van der Waals surface area contributed by atoms with Crippen molar-refractivity contribution in [3.8, 4) is 0 Å². The highest BCUT2D eigenvalue weighted by Gasteiger charge is 2.21. The Bertz CT molecular complexity index is 193. The third kappa shape index (κ3) is 3.86. The van der Waals surface area contributed by atoms with Crippen molar-refractivity contribution in [3.05, 3.63) is 0 Å². The second-order valence-corrected chi connectivity index (χ2v) is 2.67. The number of carboxylic acids is 1. The average molecular weight is 191 g/mol. The lowest BCUT2D eigenvalue weighted by Crippen LogP contribution is -2.45. The molecule has 4 N–H and O–H groups in total. The first-order chi connectivity index (χ1) is 6.02. The predicted octanol–water partition coefficient (Wildman–Crippen LogP) is -1.82. The number of hydrogen-bond acceptors (Lipinski definition) is 4. The molecule has 13 heavy (non-hydrogen) atoms. The van der Waals surface area contributed by atoms with E-state index in [0.29, 0.717) is 0 Å². The van der Waals surface area contributed by atoms with E-state index in [2.05, 4.69) is 5.32 Å². The van der Waals surface area contributed by atoms with Crippen molar-refractivity contribution in [1.29, 1.82) is 0 Å². The molecule has 0 spiro atoms. The van der Waals surface area contributed by atoms with Gasteiger partial charge in [0.05, 0.1) is 19.1 Å². The highest BCUT2D eigenvalue weighted by Crippen LogP contribution is 1.93. The highest BCUT2D eigenvalue weighted by molar-refractivity contribution is 5.84. The molecule has 0 aliphatic heterocycles. The van der Waals surface area contributed by atoms with Crippen molar-refractivity contribution >= 4 is 11.9 Å². The number of carbonyl (C=O) groups excluding carboxylic acids is 1. The maximum absolute atomic E-state index is 11.0. The second kappa shape index (κ2) is 5.50. The van der Waals surface area contributed by atoms with Gasteiger partial charge in [0.2, 0.25) is 5.91 Å². The van der Waals surface area contributed by atoms with Gasteiger partial charge in [0, 0.05) is 0 Å². The number of aliphatic carboxylic acids is 1. The van der Waals surface area contributed by atoms with Gasteiger partial charge in [-0.1, -0.05) is 6.92 Å². The van der Waals surface area contributed by atoms with E-state index in [9.17, 15) is 9.59 Å². The summed E-state index contributed by atoms with van der Waals surface area (Å²) in [5.41, 5.74) is 0. The molecule has 0 aliphatic carbocycles. The monoisotopic (exact) mass is 191 g/mol. The summed E-state index contributed by atoms with van der Waals surface area (Å²) in [6.45, 7) is 0.425. The Morgan fingerprint density at radius 3 is 2.15 bits per heavy atom. The molecular weight excluding hydrogens is 178 g/mol. The normalized spacial score (nSPS) is 14.7. The van der Waals surface area contributed by atoms with Crippen LogP contribution in [0.3, 0.4) is 0 Å². The molecule has 0 radical (unpaired) electrons. The molecule has 0 saturated heterocycles. The van der Waals surface area contributed by atoms with Crippen LogP contribution in [0, 0.1) is 5.92 Å². The van der Waals surface area contributed by atoms with Gasteiger partial charge in [-0.3, -0.25) is 4.79 Å². The minimum Gasteiger partial charge on any atom is -0.480 e. The molecular formula is C7H13NO5. The van der Waals surface area contributed by atoms with Crippen molar-refractivity contribution in [2.24, 2.45) is 5.92 Å². The molecule has 0 saturated carbocycles. The molecule has 0 bridgehead atoms. The van der Waals surface area contributed by atoms with Gasteiger partial charge < -0.3 is 20.6 Å². The molecule has 1 amide bonds. The molecule has 2 atom stereocenters. The van der Waals surface area contributed by atoms with Crippen LogP contribution >= 0.6 is 0 Å². The Hall–Kier alpha value is -1.14. The Kier molecular flexibility index (Phi) is 5.01. The molecule has 0 aromatic rings. The van der Waals surface area contributed by atoms with Crippen molar-refractivity contribution in [2.45, 2.75) is 13.0 Å². The van der Waals surface area contributed by atoms with Gasteiger partial charge in [0.1, 0.15) is 6.04 Å². The van der Waals surface area contributed by atoms with Crippen molar-refractivity contribution in [2.75, 3.05) is 13.2 Å². The van der Waals surface area contributed by atoms with Gasteiger partial charge in [-0.15, -0.1) is 0 Å². The van der Waals surface area contributed by atoms with Crippen LogP contribution in [0.4, 0.5) is 0 Å². The summed E-state index contributed by atoms with van der Waals surface area (Å²) in [5, 5.41) is 27.6. The van der Waals surface area contributed by atoms with E-state index in [1.165, 1.54) is 6.92 Å². The zero-order valence-electron chi connectivity index (χ0n) is 7.23. The number of aliphatic hydroxyl groups is 2. The Labute approximate surface area is 75.2 Å². The van der Waals surface area contributed by atoms with Crippen LogP contribution in [-0.4, -0.2) is 46.5 Å². The molecule has 6 heteroatoms. The number of aliphatic hydroxyl groups excluding tert-OH is 2. The minimum absolute atomic E-state index is 0.358. The Morgan fingerprint density at radius 2 is 1.85 bits per heavy atom. The van der Waals surface area contributed by atoms with Gasteiger partial charge >= 0.3 is 5.97 Å². The van der Waals surface area contributed by atoms with Crippen molar-refractivity contribution in [3.63, 3.8) is 0 Å². The molecule has 0 heterocycles. The minimum atomic E-state index is -1.30. The smallest absolute Gasteiger partial charge is 0.328 e. The molecule has 76 valence electrons. The van der Waals surface area contributed by atoms with Crippen LogP contribution in [0.25, 0.3) is 0 Å². The van der Waals surface area contributed by atoms with Crippen LogP contribution in [0.2, 0.25) is 0 Å². The van der Waals surface area contributed by atoms with Gasteiger partial charge in [0.25, 0.3) is 0 Å². The number of carbonyl (C=O) groups is 2. The quantitative estimate of drug-likeness (QED) is 0.409. The molecule has 0 aliphatic rings. The van der Waals surface area contributed by atoms with Crippen LogP contribution in [-0.2, 0) is 9.59 Å². The summed E-state index contributed by atoms with van der Waals surface area (Å²) in [4.78, 5) is 21.3. The standard InChI is InChI=1S/C7H13NO5/c1-4(2-9)6(11)8-5(3-10)7(12)13/h4-5,9-10H,2-3H2,1H3,(H,8,11)(H,12,13)/t4-,5-/m0/s1. The van der Waals surface area contributed by atoms with E-state index >= 15 is 0 Å². The number of amides is 1. The van der Waals surface area contributed by atoms with Crippen LogP contribution in [0.15, 0.2) is 0 Å². The first-order valence-electron chi connectivity index (χ1n) is 3.77. The SMILES string of the molecule is C[C@@H](CO)C(=O)N[C@@H](CO)C(=O)O. The van der Waals surface area contributed by atoms with Crippen LogP contribution < -0.4 is 5.32 Å². The lowest BCUT2D eigenvalue weighted by atomic mass is 10.1. The summed E-state index contributed by atoms with van der Waals surface area (Å²) in [6.07, 6.45) is 0. The maximum Gasteiger partial charge on any atom is 0.328 e. The topological polar surface area (TPSA) is 107 Å². The van der Waals surface area contributed by atoms with E-state index in [1.54, 1.807) is 0 Å². The molecule has 0 rings (SSSR count). The van der Waals surface area contributed by atoms with Crippen molar-refractivity contribution in [1.82, 2.24) is 5.32 Å². The van der Waals surface area contributed by atoms with E-state index in [1.807, 2.05) is 0 Å². The number of hydrogen-bond donors (Lipinski definition) is 4. The zero-order chi connectivity index (χ0) is 10.4. The number of nitrogens with one attached hydrogen (secondary N) is 1. The molecule has 6 nitrogen and oxygen atoms in total. The fourth-order valence-electron chi connectivity index (χ4n) is 0.582. The summed E-state index contributed by atoms with van der Waals surface area (Å²) < 4.78 is 0. The van der Waals surface area contributed by atoms with Crippen LogP contribution in [0.5, 0.6) is 0 Å². The number of carboxylic acid groups (broad SMARTS) is 1. The summed E-state index contributed by atoms with van der Waals surface area (Å²) in [6, 6.07) is -1.30. The Balaban J connectivity index is 4.09. The number of rotatable bonds is 5. The van der Waals surface area contributed by atoms with E-state index < -0.39 is 30.4 Å². The third-order valence-corrected chi connectivity index (χ3v) is 1.52. The Morgan fingerprint density at radius 1 is 1.31 bits per heavy atom. The largest absolute Gasteiger partial charge is 0.480 e. The lowest BCUT2D eigenvalue weighted by molar-refractivity contribution is -0.143.